The quantitative estimate of drug-likeness (QED) is 0.873. The summed E-state index contributed by atoms with van der Waals surface area (Å²) in [6, 6.07) is 4.97. The average Bonchev–Trinajstić information content (AvgIpc) is 2.88. The number of anilines is 1. The molecule has 0 aliphatic carbocycles. The summed E-state index contributed by atoms with van der Waals surface area (Å²) in [7, 11) is 0. The molecule has 0 aromatic heterocycles. The van der Waals surface area contributed by atoms with E-state index in [1.54, 1.807) is 23.1 Å². The molecule has 0 saturated carbocycles. The minimum atomic E-state index is -0.374. The monoisotopic (exact) mass is 300 g/mol. The third-order valence-electron chi connectivity index (χ3n) is 3.00. The van der Waals surface area contributed by atoms with Gasteiger partial charge in [0.1, 0.15) is 6.42 Å². The van der Waals surface area contributed by atoms with E-state index in [4.69, 9.17) is 23.2 Å². The molecule has 1 aromatic rings. The largest absolute Gasteiger partial charge is 0.342 e. The van der Waals surface area contributed by atoms with E-state index in [0.29, 0.717) is 10.7 Å². The van der Waals surface area contributed by atoms with Crippen LogP contribution in [0.5, 0.6) is 0 Å². The highest BCUT2D eigenvalue weighted by Gasteiger charge is 2.20. The van der Waals surface area contributed by atoms with Crippen molar-refractivity contribution >= 4 is 40.7 Å². The molecule has 2 rings (SSSR count). The van der Waals surface area contributed by atoms with Gasteiger partial charge in [-0.05, 0) is 25.0 Å². The first-order valence-electron chi connectivity index (χ1n) is 6.09. The molecule has 0 spiro atoms. The number of hydrogen-bond donors (Lipinski definition) is 1. The van der Waals surface area contributed by atoms with E-state index in [2.05, 4.69) is 5.32 Å². The molecule has 1 N–H and O–H groups in total. The van der Waals surface area contributed by atoms with Crippen molar-refractivity contribution in [2.24, 2.45) is 0 Å². The number of carbonyl (C=O) groups excluding carboxylic acids is 2. The highest BCUT2D eigenvalue weighted by atomic mass is 35.5. The Bertz CT molecular complexity index is 499. The first-order chi connectivity index (χ1) is 9.08. The van der Waals surface area contributed by atoms with Gasteiger partial charge in [-0.2, -0.15) is 0 Å². The van der Waals surface area contributed by atoms with Crippen LogP contribution in [0.4, 0.5) is 5.69 Å². The molecule has 1 aromatic carbocycles. The number of likely N-dealkylation sites (tertiary alicyclic amines) is 1. The Hall–Kier alpha value is -1.26. The van der Waals surface area contributed by atoms with E-state index in [0.717, 1.165) is 25.9 Å². The summed E-state index contributed by atoms with van der Waals surface area (Å²) in [5.41, 5.74) is 0.424. The van der Waals surface area contributed by atoms with Gasteiger partial charge in [-0.25, -0.2) is 0 Å². The van der Waals surface area contributed by atoms with E-state index in [1.807, 2.05) is 0 Å². The van der Waals surface area contributed by atoms with Gasteiger partial charge in [-0.15, -0.1) is 0 Å². The Balaban J connectivity index is 1.93. The predicted octanol–water partition coefficient (Wildman–Crippen LogP) is 2.94. The Kier molecular flexibility index (Phi) is 4.66. The SMILES string of the molecule is O=C(CC(=O)N1CCCC1)Nc1cccc(Cl)c1Cl. The minimum absolute atomic E-state index is 0.145. The molecule has 1 fully saturated rings. The lowest BCUT2D eigenvalue weighted by Gasteiger charge is -2.15. The second-order valence-electron chi connectivity index (χ2n) is 4.41. The number of hydrogen-bond acceptors (Lipinski definition) is 2. The third kappa shape index (κ3) is 3.61. The lowest BCUT2D eigenvalue weighted by molar-refractivity contribution is -0.133. The molecule has 0 bridgehead atoms. The van der Waals surface area contributed by atoms with Crippen molar-refractivity contribution in [3.63, 3.8) is 0 Å². The topological polar surface area (TPSA) is 49.4 Å². The van der Waals surface area contributed by atoms with Crippen LogP contribution in [0.2, 0.25) is 10.0 Å². The molecule has 1 aliphatic heterocycles. The molecule has 0 radical (unpaired) electrons. The lowest BCUT2D eigenvalue weighted by atomic mass is 10.3. The maximum atomic E-state index is 11.8. The zero-order valence-corrected chi connectivity index (χ0v) is 11.8. The van der Waals surface area contributed by atoms with Crippen LogP contribution < -0.4 is 5.32 Å². The average molecular weight is 301 g/mol. The van der Waals surface area contributed by atoms with Crippen LogP contribution in [-0.2, 0) is 9.59 Å². The number of nitrogens with zero attached hydrogens (tertiary/aromatic N) is 1. The van der Waals surface area contributed by atoms with E-state index in [9.17, 15) is 9.59 Å². The summed E-state index contributed by atoms with van der Waals surface area (Å²) in [4.78, 5) is 25.3. The fraction of sp³-hybridized carbons (Fsp3) is 0.385. The van der Waals surface area contributed by atoms with Crippen molar-refractivity contribution < 1.29 is 9.59 Å². The molecule has 0 atom stereocenters. The molecule has 1 heterocycles. The highest BCUT2D eigenvalue weighted by molar-refractivity contribution is 6.44. The Morgan fingerprint density at radius 2 is 1.89 bits per heavy atom. The summed E-state index contributed by atoms with van der Waals surface area (Å²) >= 11 is 11.8. The van der Waals surface area contributed by atoms with Crippen molar-refractivity contribution in [2.45, 2.75) is 19.3 Å². The van der Waals surface area contributed by atoms with Crippen LogP contribution in [0.1, 0.15) is 19.3 Å². The van der Waals surface area contributed by atoms with E-state index in [-0.39, 0.29) is 23.3 Å². The van der Waals surface area contributed by atoms with E-state index >= 15 is 0 Å². The van der Waals surface area contributed by atoms with Crippen molar-refractivity contribution in [2.75, 3.05) is 18.4 Å². The number of benzene rings is 1. The molecule has 1 saturated heterocycles. The molecular formula is C13H14Cl2N2O2. The lowest BCUT2D eigenvalue weighted by Crippen LogP contribution is -2.31. The second-order valence-corrected chi connectivity index (χ2v) is 5.20. The number of halogens is 2. The molecule has 102 valence electrons. The Morgan fingerprint density at radius 3 is 2.58 bits per heavy atom. The summed E-state index contributed by atoms with van der Waals surface area (Å²) in [6.07, 6.45) is 1.85. The molecule has 1 aliphatic rings. The fourth-order valence-corrected chi connectivity index (χ4v) is 2.36. The zero-order valence-electron chi connectivity index (χ0n) is 10.3. The van der Waals surface area contributed by atoms with Gasteiger partial charge in [0.25, 0.3) is 0 Å². The number of rotatable bonds is 3. The van der Waals surface area contributed by atoms with Gasteiger partial charge in [0.05, 0.1) is 15.7 Å². The first-order valence-corrected chi connectivity index (χ1v) is 6.85. The molecule has 0 unspecified atom stereocenters. The van der Waals surface area contributed by atoms with Crippen LogP contribution in [0.3, 0.4) is 0 Å². The fourth-order valence-electron chi connectivity index (χ4n) is 2.01. The number of amides is 2. The molecule has 19 heavy (non-hydrogen) atoms. The van der Waals surface area contributed by atoms with Gasteiger partial charge < -0.3 is 10.2 Å². The zero-order chi connectivity index (χ0) is 13.8. The molecule has 2 amide bonds. The molecular weight excluding hydrogens is 287 g/mol. The van der Waals surface area contributed by atoms with Gasteiger partial charge >= 0.3 is 0 Å². The molecule has 6 heteroatoms. The van der Waals surface area contributed by atoms with Crippen LogP contribution in [0.15, 0.2) is 18.2 Å². The first kappa shape index (κ1) is 14.2. The van der Waals surface area contributed by atoms with Crippen molar-refractivity contribution in [1.29, 1.82) is 0 Å². The summed E-state index contributed by atoms with van der Waals surface area (Å²) in [5, 5.41) is 3.25. The summed E-state index contributed by atoms with van der Waals surface area (Å²) in [6.45, 7) is 1.48. The number of nitrogens with one attached hydrogen (secondary N) is 1. The van der Waals surface area contributed by atoms with Crippen molar-refractivity contribution in [3.8, 4) is 0 Å². The van der Waals surface area contributed by atoms with Crippen LogP contribution in [0.25, 0.3) is 0 Å². The summed E-state index contributed by atoms with van der Waals surface area (Å²) < 4.78 is 0. The van der Waals surface area contributed by atoms with Crippen molar-refractivity contribution in [1.82, 2.24) is 4.90 Å². The normalized spacial score (nSPS) is 14.5. The maximum Gasteiger partial charge on any atom is 0.233 e. The van der Waals surface area contributed by atoms with Gasteiger partial charge in [-0.3, -0.25) is 9.59 Å². The van der Waals surface area contributed by atoms with E-state index < -0.39 is 0 Å². The van der Waals surface area contributed by atoms with Crippen LogP contribution in [0, 0.1) is 0 Å². The number of carbonyl (C=O) groups is 2. The standard InChI is InChI=1S/C13H14Cl2N2O2/c14-9-4-3-5-10(13(9)15)16-11(18)8-12(19)17-6-1-2-7-17/h3-5H,1-2,6-8H2,(H,16,18). The Morgan fingerprint density at radius 1 is 1.21 bits per heavy atom. The van der Waals surface area contributed by atoms with Crippen LogP contribution >= 0.6 is 23.2 Å². The third-order valence-corrected chi connectivity index (χ3v) is 3.82. The van der Waals surface area contributed by atoms with Gasteiger partial charge in [-0.1, -0.05) is 29.3 Å². The molecule has 4 nitrogen and oxygen atoms in total. The van der Waals surface area contributed by atoms with Gasteiger partial charge in [0, 0.05) is 13.1 Å². The van der Waals surface area contributed by atoms with Crippen LogP contribution in [-0.4, -0.2) is 29.8 Å². The van der Waals surface area contributed by atoms with Gasteiger partial charge in [0.15, 0.2) is 0 Å². The highest BCUT2D eigenvalue weighted by Crippen LogP contribution is 2.29. The second kappa shape index (κ2) is 6.26. The minimum Gasteiger partial charge on any atom is -0.342 e. The van der Waals surface area contributed by atoms with Gasteiger partial charge in [0.2, 0.25) is 11.8 Å². The Labute approximate surface area is 121 Å². The van der Waals surface area contributed by atoms with Crippen molar-refractivity contribution in [3.05, 3.63) is 28.2 Å². The maximum absolute atomic E-state index is 11.8. The predicted molar refractivity (Wildman–Crippen MR) is 75.5 cm³/mol. The summed E-state index contributed by atoms with van der Waals surface area (Å²) in [5.74, 6) is -0.519. The van der Waals surface area contributed by atoms with E-state index in [1.165, 1.54) is 0 Å². The smallest absolute Gasteiger partial charge is 0.233 e.